The summed E-state index contributed by atoms with van der Waals surface area (Å²) in [6.07, 6.45) is 1.31. The highest BCUT2D eigenvalue weighted by molar-refractivity contribution is 5.81. The minimum Gasteiger partial charge on any atom is -0.393 e. The Morgan fingerprint density at radius 2 is 1.85 bits per heavy atom. The summed E-state index contributed by atoms with van der Waals surface area (Å²) in [4.78, 5) is 14.4. The summed E-state index contributed by atoms with van der Waals surface area (Å²) < 4.78 is 0. The third-order valence-electron chi connectivity index (χ3n) is 4.08. The quantitative estimate of drug-likeness (QED) is 0.880. The molecule has 0 aliphatic carbocycles. The molecule has 0 radical (unpaired) electrons. The monoisotopic (exact) mass is 276 g/mol. The van der Waals surface area contributed by atoms with Crippen LogP contribution in [-0.2, 0) is 4.79 Å². The Balaban J connectivity index is 1.88. The molecule has 1 aliphatic rings. The van der Waals surface area contributed by atoms with Gasteiger partial charge in [0.15, 0.2) is 0 Å². The molecular weight excluding hydrogens is 252 g/mol. The molecule has 2 unspecified atom stereocenters. The Labute approximate surface area is 120 Å². The molecular formula is C16H24N2O2. The largest absolute Gasteiger partial charge is 0.393 e. The molecule has 2 N–H and O–H groups in total. The number of carbonyl (C=O) groups excluding carboxylic acids is 1. The first-order valence-corrected chi connectivity index (χ1v) is 7.35. The second-order valence-electron chi connectivity index (χ2n) is 5.58. The van der Waals surface area contributed by atoms with Crippen LogP contribution in [0.15, 0.2) is 30.3 Å². The van der Waals surface area contributed by atoms with Gasteiger partial charge in [-0.1, -0.05) is 30.3 Å². The number of benzene rings is 1. The molecule has 2 atom stereocenters. The summed E-state index contributed by atoms with van der Waals surface area (Å²) in [7, 11) is 0. The van der Waals surface area contributed by atoms with Gasteiger partial charge in [0.25, 0.3) is 0 Å². The smallest absolute Gasteiger partial charge is 0.237 e. The van der Waals surface area contributed by atoms with Crippen LogP contribution in [-0.4, -0.2) is 41.1 Å². The highest BCUT2D eigenvalue weighted by atomic mass is 16.3. The Morgan fingerprint density at radius 3 is 2.45 bits per heavy atom. The lowest BCUT2D eigenvalue weighted by molar-refractivity contribution is -0.127. The van der Waals surface area contributed by atoms with Crippen molar-refractivity contribution in [3.8, 4) is 0 Å². The van der Waals surface area contributed by atoms with E-state index in [9.17, 15) is 9.90 Å². The molecule has 1 amide bonds. The minimum atomic E-state index is -0.204. The Morgan fingerprint density at radius 1 is 1.25 bits per heavy atom. The van der Waals surface area contributed by atoms with Gasteiger partial charge < -0.3 is 10.4 Å². The highest BCUT2D eigenvalue weighted by Gasteiger charge is 2.26. The Kier molecular flexibility index (Phi) is 5.15. The van der Waals surface area contributed by atoms with Crippen LogP contribution in [0, 0.1) is 0 Å². The van der Waals surface area contributed by atoms with E-state index < -0.39 is 0 Å². The molecule has 4 heteroatoms. The van der Waals surface area contributed by atoms with Crippen LogP contribution in [0.1, 0.15) is 38.3 Å². The van der Waals surface area contributed by atoms with E-state index in [4.69, 9.17) is 0 Å². The first-order valence-electron chi connectivity index (χ1n) is 7.35. The first-order chi connectivity index (χ1) is 9.58. The number of hydrogen-bond donors (Lipinski definition) is 2. The molecule has 0 spiro atoms. The van der Waals surface area contributed by atoms with Gasteiger partial charge in [-0.3, -0.25) is 9.69 Å². The average Bonchev–Trinajstić information content (AvgIpc) is 2.48. The van der Waals surface area contributed by atoms with Crippen LogP contribution in [0.4, 0.5) is 0 Å². The zero-order chi connectivity index (χ0) is 14.5. The fourth-order valence-corrected chi connectivity index (χ4v) is 2.60. The Hall–Kier alpha value is -1.39. The van der Waals surface area contributed by atoms with Gasteiger partial charge in [-0.25, -0.2) is 0 Å². The van der Waals surface area contributed by atoms with Gasteiger partial charge in [0.2, 0.25) is 5.91 Å². The maximum absolute atomic E-state index is 12.3. The van der Waals surface area contributed by atoms with Crippen LogP contribution in [0.5, 0.6) is 0 Å². The number of nitrogens with one attached hydrogen (secondary N) is 1. The molecule has 1 aromatic rings. The van der Waals surface area contributed by atoms with Gasteiger partial charge in [-0.2, -0.15) is 0 Å². The molecule has 0 bridgehead atoms. The van der Waals surface area contributed by atoms with E-state index in [-0.39, 0.29) is 24.1 Å². The zero-order valence-corrected chi connectivity index (χ0v) is 12.2. The van der Waals surface area contributed by atoms with Crippen LogP contribution in [0.25, 0.3) is 0 Å². The minimum absolute atomic E-state index is 0.0153. The van der Waals surface area contributed by atoms with Crippen molar-refractivity contribution in [2.24, 2.45) is 0 Å². The van der Waals surface area contributed by atoms with Crippen molar-refractivity contribution in [3.05, 3.63) is 35.9 Å². The fourth-order valence-electron chi connectivity index (χ4n) is 2.60. The summed E-state index contributed by atoms with van der Waals surface area (Å²) in [5.74, 6) is 0.0535. The number of carbonyl (C=O) groups is 1. The van der Waals surface area contributed by atoms with E-state index in [1.807, 2.05) is 44.2 Å². The van der Waals surface area contributed by atoms with Gasteiger partial charge >= 0.3 is 0 Å². The topological polar surface area (TPSA) is 52.6 Å². The molecule has 0 saturated carbocycles. The van der Waals surface area contributed by atoms with Gasteiger partial charge in [-0.05, 0) is 32.3 Å². The molecule has 1 aromatic carbocycles. The summed E-state index contributed by atoms with van der Waals surface area (Å²) in [5.41, 5.74) is 1.11. The first kappa shape index (κ1) is 15.0. The molecule has 1 saturated heterocycles. The van der Waals surface area contributed by atoms with Crippen LogP contribution in [0.3, 0.4) is 0 Å². The van der Waals surface area contributed by atoms with Crippen molar-refractivity contribution in [2.45, 2.75) is 44.9 Å². The van der Waals surface area contributed by atoms with Crippen LogP contribution < -0.4 is 5.32 Å². The SMILES string of the molecule is CC(NC(=O)C(C)N1CCC(O)CC1)c1ccccc1. The van der Waals surface area contributed by atoms with E-state index in [2.05, 4.69) is 10.2 Å². The lowest BCUT2D eigenvalue weighted by atomic mass is 10.1. The number of aliphatic hydroxyl groups excluding tert-OH is 1. The van der Waals surface area contributed by atoms with E-state index in [0.29, 0.717) is 0 Å². The number of amides is 1. The van der Waals surface area contributed by atoms with Crippen molar-refractivity contribution in [2.75, 3.05) is 13.1 Å². The van der Waals surface area contributed by atoms with Crippen molar-refractivity contribution in [1.29, 1.82) is 0 Å². The normalized spacial score (nSPS) is 20.4. The van der Waals surface area contributed by atoms with E-state index in [1.165, 1.54) is 0 Å². The van der Waals surface area contributed by atoms with Crippen LogP contribution >= 0.6 is 0 Å². The lowest BCUT2D eigenvalue weighted by Crippen LogP contribution is -2.49. The highest BCUT2D eigenvalue weighted by Crippen LogP contribution is 2.15. The van der Waals surface area contributed by atoms with Crippen molar-refractivity contribution >= 4 is 5.91 Å². The van der Waals surface area contributed by atoms with E-state index in [0.717, 1.165) is 31.5 Å². The summed E-state index contributed by atoms with van der Waals surface area (Å²) in [5, 5.41) is 12.6. The third-order valence-corrected chi connectivity index (χ3v) is 4.08. The lowest BCUT2D eigenvalue weighted by Gasteiger charge is -2.34. The van der Waals surface area contributed by atoms with E-state index >= 15 is 0 Å². The number of rotatable bonds is 4. The molecule has 1 heterocycles. The number of aliphatic hydroxyl groups is 1. The number of hydrogen-bond acceptors (Lipinski definition) is 3. The molecule has 4 nitrogen and oxygen atoms in total. The molecule has 0 aromatic heterocycles. The molecule has 2 rings (SSSR count). The summed E-state index contributed by atoms with van der Waals surface area (Å²) in [6.45, 7) is 5.51. The molecule has 110 valence electrons. The van der Waals surface area contributed by atoms with Gasteiger partial charge in [0.05, 0.1) is 18.2 Å². The van der Waals surface area contributed by atoms with Gasteiger partial charge in [0, 0.05) is 13.1 Å². The van der Waals surface area contributed by atoms with Gasteiger partial charge in [0.1, 0.15) is 0 Å². The molecule has 1 aliphatic heterocycles. The standard InChI is InChI=1S/C16H24N2O2/c1-12(14-6-4-3-5-7-14)17-16(20)13(2)18-10-8-15(19)9-11-18/h3-7,12-13,15,19H,8-11H2,1-2H3,(H,17,20). The number of nitrogens with zero attached hydrogens (tertiary/aromatic N) is 1. The predicted molar refractivity (Wildman–Crippen MR) is 79.3 cm³/mol. The van der Waals surface area contributed by atoms with E-state index in [1.54, 1.807) is 0 Å². The van der Waals surface area contributed by atoms with Crippen LogP contribution in [0.2, 0.25) is 0 Å². The molecule has 20 heavy (non-hydrogen) atoms. The number of likely N-dealkylation sites (tertiary alicyclic amines) is 1. The fraction of sp³-hybridized carbons (Fsp3) is 0.562. The second-order valence-corrected chi connectivity index (χ2v) is 5.58. The average molecular weight is 276 g/mol. The van der Waals surface area contributed by atoms with Crippen molar-refractivity contribution < 1.29 is 9.90 Å². The summed E-state index contributed by atoms with van der Waals surface area (Å²) in [6, 6.07) is 9.84. The predicted octanol–water partition coefficient (Wildman–Crippen LogP) is 1.71. The second kappa shape index (κ2) is 6.86. The van der Waals surface area contributed by atoms with Crippen molar-refractivity contribution in [1.82, 2.24) is 10.2 Å². The van der Waals surface area contributed by atoms with Crippen molar-refractivity contribution in [3.63, 3.8) is 0 Å². The third kappa shape index (κ3) is 3.81. The molecule has 1 fully saturated rings. The number of piperidine rings is 1. The maximum atomic E-state index is 12.3. The zero-order valence-electron chi connectivity index (χ0n) is 12.2. The Bertz CT molecular complexity index is 427. The summed E-state index contributed by atoms with van der Waals surface area (Å²) >= 11 is 0. The maximum Gasteiger partial charge on any atom is 0.237 e. The van der Waals surface area contributed by atoms with Gasteiger partial charge in [-0.15, -0.1) is 0 Å².